The normalized spacial score (nSPS) is 15.6. The second-order valence-corrected chi connectivity index (χ2v) is 10.8. The van der Waals surface area contributed by atoms with Crippen molar-refractivity contribution in [2.45, 2.75) is 90.8 Å². The van der Waals surface area contributed by atoms with Crippen molar-refractivity contribution in [3.05, 3.63) is 70.8 Å². The monoisotopic (exact) mass is 521 g/mol. The molecule has 6 nitrogen and oxygen atoms in total. The number of carbonyl (C=O) groups excluding carboxylic acids is 2. The fraction of sp³-hybridized carbons (Fsp3) is 0.562. The summed E-state index contributed by atoms with van der Waals surface area (Å²) in [6.07, 6.45) is 8.37. The number of esters is 1. The SMILES string of the molecule is CCCN(CCC)C(=O)c1cc(C)cc(C(=O)O[C@H](CNCc2ccccc2)[C@@H](N)CC2CCCCC2)c1. The quantitative estimate of drug-likeness (QED) is 0.304. The molecule has 0 bridgehead atoms. The van der Waals surface area contributed by atoms with Crippen molar-refractivity contribution in [2.75, 3.05) is 19.6 Å². The summed E-state index contributed by atoms with van der Waals surface area (Å²) in [6.45, 7) is 8.60. The first kappa shape index (κ1) is 29.9. The van der Waals surface area contributed by atoms with Gasteiger partial charge >= 0.3 is 5.97 Å². The van der Waals surface area contributed by atoms with Crippen LogP contribution >= 0.6 is 0 Å². The minimum atomic E-state index is -0.454. The number of benzene rings is 2. The Morgan fingerprint density at radius 3 is 2.32 bits per heavy atom. The molecule has 3 rings (SSSR count). The van der Waals surface area contributed by atoms with Gasteiger partial charge in [0.15, 0.2) is 0 Å². The number of aryl methyl sites for hydroxylation is 1. The third-order valence-corrected chi connectivity index (χ3v) is 7.42. The largest absolute Gasteiger partial charge is 0.456 e. The van der Waals surface area contributed by atoms with Gasteiger partial charge < -0.3 is 20.7 Å². The lowest BCUT2D eigenvalue weighted by atomic mass is 9.84. The Morgan fingerprint density at radius 1 is 1.00 bits per heavy atom. The number of hydrogen-bond acceptors (Lipinski definition) is 5. The lowest BCUT2D eigenvalue weighted by Gasteiger charge is -2.29. The van der Waals surface area contributed by atoms with E-state index < -0.39 is 12.1 Å². The molecule has 2 atom stereocenters. The van der Waals surface area contributed by atoms with Crippen molar-refractivity contribution in [2.24, 2.45) is 11.7 Å². The van der Waals surface area contributed by atoms with Crippen LogP contribution in [-0.2, 0) is 11.3 Å². The van der Waals surface area contributed by atoms with Crippen LogP contribution in [-0.4, -0.2) is 48.6 Å². The van der Waals surface area contributed by atoms with Gasteiger partial charge in [0.2, 0.25) is 0 Å². The standard InChI is InChI=1S/C32H47N3O3/c1-4-16-35(17-5-2)31(36)27-18-24(3)19-28(21-27)32(37)38-30(23-34-22-26-14-10-7-11-15-26)29(33)20-25-12-8-6-9-13-25/h7,10-11,14-15,18-19,21,25,29-30,34H,4-6,8-9,12-13,16-17,20,22-23,33H2,1-3H3/t29-,30+/m0/s1. The summed E-state index contributed by atoms with van der Waals surface area (Å²) < 4.78 is 6.07. The van der Waals surface area contributed by atoms with Crippen LogP contribution in [0.2, 0.25) is 0 Å². The topological polar surface area (TPSA) is 84.7 Å². The zero-order valence-electron chi connectivity index (χ0n) is 23.6. The minimum Gasteiger partial charge on any atom is -0.456 e. The summed E-state index contributed by atoms with van der Waals surface area (Å²) in [4.78, 5) is 28.5. The van der Waals surface area contributed by atoms with Crippen LogP contribution in [0.5, 0.6) is 0 Å². The number of hydrogen-bond donors (Lipinski definition) is 2. The second-order valence-electron chi connectivity index (χ2n) is 10.8. The van der Waals surface area contributed by atoms with E-state index in [1.807, 2.05) is 36.1 Å². The van der Waals surface area contributed by atoms with Gasteiger partial charge in [0.25, 0.3) is 5.91 Å². The molecule has 3 N–H and O–H groups in total. The van der Waals surface area contributed by atoms with Crippen molar-refractivity contribution in [1.29, 1.82) is 0 Å². The van der Waals surface area contributed by atoms with Crippen LogP contribution in [0.3, 0.4) is 0 Å². The van der Waals surface area contributed by atoms with Crippen molar-refractivity contribution in [1.82, 2.24) is 10.2 Å². The van der Waals surface area contributed by atoms with Crippen LogP contribution in [0, 0.1) is 12.8 Å². The molecule has 0 saturated heterocycles. The highest BCUT2D eigenvalue weighted by molar-refractivity contribution is 5.98. The van der Waals surface area contributed by atoms with Crippen LogP contribution in [0.15, 0.2) is 48.5 Å². The molecule has 0 unspecified atom stereocenters. The summed E-state index contributed by atoms with van der Waals surface area (Å²) in [5.74, 6) is 0.118. The molecule has 38 heavy (non-hydrogen) atoms. The zero-order chi connectivity index (χ0) is 27.3. The van der Waals surface area contributed by atoms with Gasteiger partial charge in [0.1, 0.15) is 6.10 Å². The molecule has 0 radical (unpaired) electrons. The van der Waals surface area contributed by atoms with Gasteiger partial charge in [-0.15, -0.1) is 0 Å². The maximum absolute atomic E-state index is 13.4. The molecule has 0 aliphatic heterocycles. The Kier molecular flexibility index (Phi) is 12.3. The first-order chi connectivity index (χ1) is 18.4. The lowest BCUT2D eigenvalue weighted by Crippen LogP contribution is -2.45. The van der Waals surface area contributed by atoms with E-state index in [9.17, 15) is 9.59 Å². The Bertz CT molecular complexity index is 998. The van der Waals surface area contributed by atoms with E-state index in [1.54, 1.807) is 12.1 Å². The van der Waals surface area contributed by atoms with Gasteiger partial charge in [0, 0.05) is 37.8 Å². The Balaban J connectivity index is 1.73. The maximum atomic E-state index is 13.4. The average Bonchev–Trinajstić information content (AvgIpc) is 2.92. The van der Waals surface area contributed by atoms with Gasteiger partial charge in [-0.2, -0.15) is 0 Å². The van der Waals surface area contributed by atoms with Crippen molar-refractivity contribution >= 4 is 11.9 Å². The van der Waals surface area contributed by atoms with Gasteiger partial charge in [-0.25, -0.2) is 4.79 Å². The number of rotatable bonds is 14. The molecule has 0 heterocycles. The molecule has 1 saturated carbocycles. The van der Waals surface area contributed by atoms with E-state index in [2.05, 4.69) is 31.3 Å². The number of amides is 1. The number of nitrogens with two attached hydrogens (primary N) is 1. The Hall–Kier alpha value is -2.70. The molecule has 2 aromatic rings. The van der Waals surface area contributed by atoms with Crippen molar-refractivity contribution in [3.8, 4) is 0 Å². The van der Waals surface area contributed by atoms with E-state index in [-0.39, 0.29) is 11.9 Å². The van der Waals surface area contributed by atoms with Gasteiger partial charge in [-0.05, 0) is 61.4 Å². The molecule has 6 heteroatoms. The summed E-state index contributed by atoms with van der Waals surface area (Å²) in [5.41, 5.74) is 9.66. The molecule has 1 aliphatic carbocycles. The van der Waals surface area contributed by atoms with Gasteiger partial charge in [-0.3, -0.25) is 4.79 Å². The van der Waals surface area contributed by atoms with E-state index in [4.69, 9.17) is 10.5 Å². The summed E-state index contributed by atoms with van der Waals surface area (Å²) in [5, 5.41) is 3.44. The fourth-order valence-corrected chi connectivity index (χ4v) is 5.46. The predicted octanol–water partition coefficient (Wildman–Crippen LogP) is 5.87. The van der Waals surface area contributed by atoms with Crippen LogP contribution in [0.4, 0.5) is 0 Å². The molecular formula is C32H47N3O3. The summed E-state index contributed by atoms with van der Waals surface area (Å²) in [7, 11) is 0. The van der Waals surface area contributed by atoms with Gasteiger partial charge in [-0.1, -0.05) is 76.3 Å². The molecule has 0 spiro atoms. The fourth-order valence-electron chi connectivity index (χ4n) is 5.46. The highest BCUT2D eigenvalue weighted by atomic mass is 16.5. The van der Waals surface area contributed by atoms with Crippen LogP contribution in [0.1, 0.15) is 97.1 Å². The van der Waals surface area contributed by atoms with Gasteiger partial charge in [0.05, 0.1) is 5.56 Å². The van der Waals surface area contributed by atoms with E-state index in [1.165, 1.54) is 37.7 Å². The molecule has 1 amide bonds. The maximum Gasteiger partial charge on any atom is 0.338 e. The van der Waals surface area contributed by atoms with Crippen molar-refractivity contribution in [3.63, 3.8) is 0 Å². The molecule has 0 aromatic heterocycles. The molecule has 208 valence electrons. The predicted molar refractivity (Wildman–Crippen MR) is 154 cm³/mol. The summed E-state index contributed by atoms with van der Waals surface area (Å²) in [6, 6.07) is 15.2. The van der Waals surface area contributed by atoms with E-state index >= 15 is 0 Å². The first-order valence-corrected chi connectivity index (χ1v) is 14.5. The number of nitrogens with zero attached hydrogens (tertiary/aromatic N) is 1. The highest BCUT2D eigenvalue weighted by Crippen LogP contribution is 2.28. The first-order valence-electron chi connectivity index (χ1n) is 14.5. The van der Waals surface area contributed by atoms with E-state index in [0.717, 1.165) is 24.8 Å². The molecule has 1 aliphatic rings. The van der Waals surface area contributed by atoms with Crippen LogP contribution < -0.4 is 11.1 Å². The van der Waals surface area contributed by atoms with E-state index in [0.29, 0.717) is 43.2 Å². The molecule has 1 fully saturated rings. The Labute approximate surface area is 229 Å². The number of nitrogens with one attached hydrogen (secondary N) is 1. The smallest absolute Gasteiger partial charge is 0.338 e. The highest BCUT2D eigenvalue weighted by Gasteiger charge is 2.27. The van der Waals surface area contributed by atoms with Crippen LogP contribution in [0.25, 0.3) is 0 Å². The third kappa shape index (κ3) is 9.25. The third-order valence-electron chi connectivity index (χ3n) is 7.42. The Morgan fingerprint density at radius 2 is 1.66 bits per heavy atom. The second kappa shape index (κ2) is 15.6. The zero-order valence-corrected chi connectivity index (χ0v) is 23.6. The molecule has 2 aromatic carbocycles. The molecular weight excluding hydrogens is 474 g/mol. The van der Waals surface area contributed by atoms with Crippen molar-refractivity contribution < 1.29 is 14.3 Å². The number of ether oxygens (including phenoxy) is 1. The average molecular weight is 522 g/mol. The lowest BCUT2D eigenvalue weighted by molar-refractivity contribution is 0.0210. The summed E-state index contributed by atoms with van der Waals surface area (Å²) >= 11 is 0. The minimum absolute atomic E-state index is 0.0403. The number of carbonyl (C=O) groups is 2.